The molecule has 1 aliphatic rings. The zero-order valence-electron chi connectivity index (χ0n) is 13.3. The predicted molar refractivity (Wildman–Crippen MR) is 85.2 cm³/mol. The van der Waals surface area contributed by atoms with E-state index < -0.39 is 0 Å². The maximum absolute atomic E-state index is 11.6. The molecule has 1 aromatic rings. The lowest BCUT2D eigenvalue weighted by Gasteiger charge is -2.31. The predicted octanol–water partition coefficient (Wildman–Crippen LogP) is 3.28. The molecule has 0 N–H and O–H groups in total. The summed E-state index contributed by atoms with van der Waals surface area (Å²) < 4.78 is 5.18. The highest BCUT2D eigenvalue weighted by atomic mass is 16.5. The monoisotopic (exact) mass is 289 g/mol. The average molecular weight is 289 g/mol. The van der Waals surface area contributed by atoms with Crippen LogP contribution in [0.4, 0.5) is 0 Å². The van der Waals surface area contributed by atoms with Crippen LogP contribution in [0.2, 0.25) is 0 Å². The molecule has 1 aliphatic heterocycles. The van der Waals surface area contributed by atoms with Crippen LogP contribution in [0.15, 0.2) is 30.3 Å². The number of hydrogen-bond donors (Lipinski definition) is 0. The van der Waals surface area contributed by atoms with Gasteiger partial charge < -0.3 is 9.64 Å². The van der Waals surface area contributed by atoms with Gasteiger partial charge in [-0.2, -0.15) is 0 Å². The number of piperidine rings is 1. The van der Waals surface area contributed by atoms with Crippen LogP contribution < -0.4 is 0 Å². The van der Waals surface area contributed by atoms with E-state index in [0.717, 1.165) is 25.6 Å². The van der Waals surface area contributed by atoms with E-state index >= 15 is 0 Å². The first-order valence-electron chi connectivity index (χ1n) is 8.09. The topological polar surface area (TPSA) is 29.5 Å². The smallest absolute Gasteiger partial charge is 0.307 e. The molecule has 0 unspecified atom stereocenters. The van der Waals surface area contributed by atoms with Crippen molar-refractivity contribution in [3.8, 4) is 0 Å². The fraction of sp³-hybridized carbons (Fsp3) is 0.611. The van der Waals surface area contributed by atoms with Gasteiger partial charge in [0.2, 0.25) is 0 Å². The highest BCUT2D eigenvalue weighted by Gasteiger charge is 2.20. The number of benzene rings is 1. The standard InChI is InChI=1S/C18H27NO2/c1-15(2)21-18(20)10-13-19-11-8-17(9-12-19)14-16-6-4-3-5-7-16/h3-7,15,17H,8-14H2,1-2H3. The van der Waals surface area contributed by atoms with Crippen LogP contribution in [0.25, 0.3) is 0 Å². The molecule has 0 bridgehead atoms. The largest absolute Gasteiger partial charge is 0.463 e. The van der Waals surface area contributed by atoms with Gasteiger partial charge in [0, 0.05) is 6.54 Å². The molecule has 1 aromatic carbocycles. The van der Waals surface area contributed by atoms with E-state index in [1.54, 1.807) is 0 Å². The van der Waals surface area contributed by atoms with Gasteiger partial charge in [0.15, 0.2) is 0 Å². The molecule has 3 nitrogen and oxygen atoms in total. The number of rotatable bonds is 6. The van der Waals surface area contributed by atoms with Crippen LogP contribution in [-0.2, 0) is 16.0 Å². The molecule has 0 spiro atoms. The maximum Gasteiger partial charge on any atom is 0.307 e. The first-order chi connectivity index (χ1) is 10.1. The minimum Gasteiger partial charge on any atom is -0.463 e. The number of hydrogen-bond acceptors (Lipinski definition) is 3. The van der Waals surface area contributed by atoms with Crippen LogP contribution in [0.5, 0.6) is 0 Å². The molecule has 1 saturated heterocycles. The molecule has 0 aliphatic carbocycles. The first kappa shape index (κ1) is 16.0. The lowest BCUT2D eigenvalue weighted by Crippen LogP contribution is -2.36. The van der Waals surface area contributed by atoms with E-state index in [0.29, 0.717) is 6.42 Å². The summed E-state index contributed by atoms with van der Waals surface area (Å²) in [6.45, 7) is 6.84. The molecule has 21 heavy (non-hydrogen) atoms. The van der Waals surface area contributed by atoms with E-state index in [9.17, 15) is 4.79 Å². The Balaban J connectivity index is 1.65. The summed E-state index contributed by atoms with van der Waals surface area (Å²) in [4.78, 5) is 13.9. The minimum atomic E-state index is -0.0728. The summed E-state index contributed by atoms with van der Waals surface area (Å²) in [6, 6.07) is 10.7. The van der Waals surface area contributed by atoms with Gasteiger partial charge in [-0.05, 0) is 57.7 Å². The summed E-state index contributed by atoms with van der Waals surface area (Å²) in [7, 11) is 0. The second kappa shape index (κ2) is 8.18. The Morgan fingerprint density at radius 1 is 1.24 bits per heavy atom. The third kappa shape index (κ3) is 5.88. The van der Waals surface area contributed by atoms with Crippen molar-refractivity contribution in [3.05, 3.63) is 35.9 Å². The quantitative estimate of drug-likeness (QED) is 0.753. The molecule has 116 valence electrons. The Hall–Kier alpha value is -1.35. The summed E-state index contributed by atoms with van der Waals surface area (Å²) in [5.41, 5.74) is 1.44. The lowest BCUT2D eigenvalue weighted by atomic mass is 9.90. The number of likely N-dealkylation sites (tertiary alicyclic amines) is 1. The van der Waals surface area contributed by atoms with Gasteiger partial charge in [-0.1, -0.05) is 30.3 Å². The van der Waals surface area contributed by atoms with Gasteiger partial charge in [-0.3, -0.25) is 4.79 Å². The Morgan fingerprint density at radius 2 is 1.90 bits per heavy atom. The maximum atomic E-state index is 11.6. The van der Waals surface area contributed by atoms with Crippen molar-refractivity contribution in [3.63, 3.8) is 0 Å². The van der Waals surface area contributed by atoms with E-state index in [1.807, 2.05) is 13.8 Å². The van der Waals surface area contributed by atoms with Crippen molar-refractivity contribution in [2.45, 2.75) is 45.6 Å². The van der Waals surface area contributed by atoms with Crippen molar-refractivity contribution >= 4 is 5.97 Å². The molecule has 0 amide bonds. The molecule has 1 fully saturated rings. The van der Waals surface area contributed by atoms with Gasteiger partial charge in [-0.25, -0.2) is 0 Å². The van der Waals surface area contributed by atoms with E-state index in [-0.39, 0.29) is 12.1 Å². The van der Waals surface area contributed by atoms with Crippen molar-refractivity contribution < 1.29 is 9.53 Å². The number of carbonyl (C=O) groups is 1. The molecular formula is C18H27NO2. The van der Waals surface area contributed by atoms with Crippen LogP contribution in [0.3, 0.4) is 0 Å². The molecule has 0 aromatic heterocycles. The van der Waals surface area contributed by atoms with Gasteiger partial charge in [-0.15, -0.1) is 0 Å². The van der Waals surface area contributed by atoms with Gasteiger partial charge >= 0.3 is 5.97 Å². The Bertz CT molecular complexity index is 422. The van der Waals surface area contributed by atoms with Crippen molar-refractivity contribution in [2.75, 3.05) is 19.6 Å². The lowest BCUT2D eigenvalue weighted by molar-refractivity contribution is -0.147. The molecule has 0 atom stereocenters. The highest BCUT2D eigenvalue weighted by molar-refractivity contribution is 5.69. The Kier molecular flexibility index (Phi) is 6.24. The zero-order valence-corrected chi connectivity index (χ0v) is 13.3. The molecule has 0 saturated carbocycles. The second-order valence-corrected chi connectivity index (χ2v) is 6.26. The second-order valence-electron chi connectivity index (χ2n) is 6.26. The van der Waals surface area contributed by atoms with Crippen molar-refractivity contribution in [1.82, 2.24) is 4.90 Å². The van der Waals surface area contributed by atoms with Crippen molar-refractivity contribution in [1.29, 1.82) is 0 Å². The summed E-state index contributed by atoms with van der Waals surface area (Å²) in [5.74, 6) is 0.711. The van der Waals surface area contributed by atoms with Gasteiger partial charge in [0.05, 0.1) is 12.5 Å². The third-order valence-electron chi connectivity index (χ3n) is 4.07. The minimum absolute atomic E-state index is 0.00545. The molecule has 0 radical (unpaired) electrons. The van der Waals surface area contributed by atoms with Crippen LogP contribution in [0.1, 0.15) is 38.7 Å². The van der Waals surface area contributed by atoms with Crippen LogP contribution in [0, 0.1) is 5.92 Å². The van der Waals surface area contributed by atoms with Gasteiger partial charge in [0.25, 0.3) is 0 Å². The van der Waals surface area contributed by atoms with Crippen LogP contribution in [-0.4, -0.2) is 36.6 Å². The van der Waals surface area contributed by atoms with Crippen molar-refractivity contribution in [2.24, 2.45) is 5.92 Å². The van der Waals surface area contributed by atoms with E-state index in [1.165, 1.54) is 24.8 Å². The first-order valence-corrected chi connectivity index (χ1v) is 8.09. The molecule has 3 heteroatoms. The van der Waals surface area contributed by atoms with Crippen LogP contribution >= 0.6 is 0 Å². The fourth-order valence-corrected chi connectivity index (χ4v) is 2.93. The molecule has 1 heterocycles. The zero-order chi connectivity index (χ0) is 15.1. The van der Waals surface area contributed by atoms with E-state index in [4.69, 9.17) is 4.74 Å². The molecular weight excluding hydrogens is 262 g/mol. The van der Waals surface area contributed by atoms with Gasteiger partial charge in [0.1, 0.15) is 0 Å². The summed E-state index contributed by atoms with van der Waals surface area (Å²) in [6.07, 6.45) is 4.16. The van der Waals surface area contributed by atoms with E-state index in [2.05, 4.69) is 35.2 Å². The number of nitrogens with zero attached hydrogens (tertiary/aromatic N) is 1. The Morgan fingerprint density at radius 3 is 2.52 bits per heavy atom. The number of ether oxygens (including phenoxy) is 1. The summed E-state index contributed by atoms with van der Waals surface area (Å²) >= 11 is 0. The summed E-state index contributed by atoms with van der Waals surface area (Å²) in [5, 5.41) is 0. The fourth-order valence-electron chi connectivity index (χ4n) is 2.93. The average Bonchev–Trinajstić information content (AvgIpc) is 2.47. The molecule has 2 rings (SSSR count). The Labute approximate surface area is 128 Å². The number of esters is 1. The highest BCUT2D eigenvalue weighted by Crippen LogP contribution is 2.21. The SMILES string of the molecule is CC(C)OC(=O)CCN1CCC(Cc2ccccc2)CC1. The third-order valence-corrected chi connectivity index (χ3v) is 4.07. The number of carbonyl (C=O) groups excluding carboxylic acids is 1. The normalized spacial score (nSPS) is 17.1.